The van der Waals surface area contributed by atoms with Crippen LogP contribution >= 0.6 is 0 Å². The molecular weight excluding hydrogens is 241 g/mol. The zero-order chi connectivity index (χ0) is 13.4. The van der Waals surface area contributed by atoms with Gasteiger partial charge in [0.25, 0.3) is 0 Å². The van der Waals surface area contributed by atoms with E-state index in [0.29, 0.717) is 11.4 Å². The first kappa shape index (κ1) is 11.7. The van der Waals surface area contributed by atoms with Gasteiger partial charge in [0.15, 0.2) is 0 Å². The molecular formula is C15H12FN3. The first-order valence-corrected chi connectivity index (χ1v) is 6.12. The van der Waals surface area contributed by atoms with Crippen molar-refractivity contribution in [3.8, 4) is 6.07 Å². The first-order chi connectivity index (χ1) is 9.17. The van der Waals surface area contributed by atoms with Gasteiger partial charge in [-0.1, -0.05) is 6.07 Å². The fourth-order valence-electron chi connectivity index (χ4n) is 2.44. The Bertz CT molecular complexity index is 688. The van der Waals surface area contributed by atoms with E-state index in [9.17, 15) is 4.39 Å². The van der Waals surface area contributed by atoms with Crippen LogP contribution in [-0.4, -0.2) is 11.5 Å². The highest BCUT2D eigenvalue weighted by Crippen LogP contribution is 2.34. The van der Waals surface area contributed by atoms with E-state index in [1.54, 1.807) is 12.1 Å². The summed E-state index contributed by atoms with van der Waals surface area (Å²) < 4.78 is 13.4. The van der Waals surface area contributed by atoms with Crippen molar-refractivity contribution >= 4 is 11.5 Å². The van der Waals surface area contributed by atoms with Crippen LogP contribution in [0.15, 0.2) is 30.3 Å². The number of fused-ring (bicyclic) bond motifs is 1. The minimum Gasteiger partial charge on any atom is -0.326 e. The molecule has 0 spiro atoms. The van der Waals surface area contributed by atoms with Gasteiger partial charge in [0.05, 0.1) is 11.6 Å². The number of rotatable bonds is 1. The van der Waals surface area contributed by atoms with Crippen LogP contribution in [0.2, 0.25) is 0 Å². The normalized spacial score (nSPS) is 13.2. The van der Waals surface area contributed by atoms with Gasteiger partial charge in [0, 0.05) is 17.9 Å². The van der Waals surface area contributed by atoms with Crippen LogP contribution in [0.4, 0.5) is 15.9 Å². The summed E-state index contributed by atoms with van der Waals surface area (Å²) in [6.07, 6.45) is 0.868. The quantitative estimate of drug-likeness (QED) is 0.784. The van der Waals surface area contributed by atoms with Crippen LogP contribution in [0.1, 0.15) is 16.8 Å². The fourth-order valence-corrected chi connectivity index (χ4v) is 2.44. The van der Waals surface area contributed by atoms with Crippen LogP contribution in [0.5, 0.6) is 0 Å². The van der Waals surface area contributed by atoms with Crippen molar-refractivity contribution in [1.29, 1.82) is 5.26 Å². The lowest BCUT2D eigenvalue weighted by Crippen LogP contribution is -2.15. The van der Waals surface area contributed by atoms with Gasteiger partial charge in [-0.05, 0) is 43.2 Å². The van der Waals surface area contributed by atoms with Crippen molar-refractivity contribution < 1.29 is 4.39 Å². The maximum atomic E-state index is 13.4. The number of hydrogen-bond acceptors (Lipinski definition) is 3. The van der Waals surface area contributed by atoms with Crippen molar-refractivity contribution in [2.75, 3.05) is 11.4 Å². The fraction of sp³-hybridized carbons (Fsp3) is 0.200. The third-order valence-electron chi connectivity index (χ3n) is 3.29. The van der Waals surface area contributed by atoms with Crippen molar-refractivity contribution in [1.82, 2.24) is 4.98 Å². The average molecular weight is 253 g/mol. The molecule has 19 heavy (non-hydrogen) atoms. The van der Waals surface area contributed by atoms with E-state index in [1.165, 1.54) is 12.1 Å². The van der Waals surface area contributed by atoms with E-state index in [1.807, 2.05) is 17.9 Å². The maximum absolute atomic E-state index is 13.4. The smallest absolute Gasteiger partial charge is 0.134 e. The molecule has 1 aromatic carbocycles. The molecule has 0 saturated heterocycles. The van der Waals surface area contributed by atoms with Gasteiger partial charge in [-0.2, -0.15) is 5.26 Å². The molecule has 0 aliphatic carbocycles. The van der Waals surface area contributed by atoms with Gasteiger partial charge in [0.1, 0.15) is 11.6 Å². The summed E-state index contributed by atoms with van der Waals surface area (Å²) in [5.74, 6) is 0.458. The summed E-state index contributed by atoms with van der Waals surface area (Å²) in [5, 5.41) is 9.01. The minimum atomic E-state index is -0.251. The number of hydrogen-bond donors (Lipinski definition) is 0. The lowest BCUT2D eigenvalue weighted by Gasteiger charge is -2.19. The molecule has 0 radical (unpaired) electrons. The summed E-state index contributed by atoms with van der Waals surface area (Å²) in [5.41, 5.74) is 3.33. The Kier molecular flexibility index (Phi) is 2.68. The third kappa shape index (κ3) is 2.04. The molecule has 4 heteroatoms. The van der Waals surface area contributed by atoms with Gasteiger partial charge in [-0.3, -0.25) is 0 Å². The molecule has 2 aromatic rings. The van der Waals surface area contributed by atoms with Crippen LogP contribution in [-0.2, 0) is 6.42 Å². The maximum Gasteiger partial charge on any atom is 0.134 e. The Morgan fingerprint density at radius 3 is 2.95 bits per heavy atom. The van der Waals surface area contributed by atoms with Gasteiger partial charge < -0.3 is 4.90 Å². The van der Waals surface area contributed by atoms with E-state index >= 15 is 0 Å². The Labute approximate surface area is 110 Å². The number of pyridine rings is 1. The predicted octanol–water partition coefficient (Wildman–Crippen LogP) is 3.10. The monoisotopic (exact) mass is 253 g/mol. The zero-order valence-corrected chi connectivity index (χ0v) is 10.5. The van der Waals surface area contributed by atoms with Gasteiger partial charge in [-0.25, -0.2) is 9.37 Å². The van der Waals surface area contributed by atoms with Crippen LogP contribution in [0.3, 0.4) is 0 Å². The molecule has 0 N–H and O–H groups in total. The molecule has 1 aliphatic heterocycles. The largest absolute Gasteiger partial charge is 0.326 e. The lowest BCUT2D eigenvalue weighted by molar-refractivity contribution is 0.628. The standard InChI is InChI=1S/C15H12FN3/c1-10-6-11(9-17)7-15(18-10)19-5-4-12-2-3-13(16)8-14(12)19/h2-3,6-8H,4-5H2,1H3. The van der Waals surface area contributed by atoms with Gasteiger partial charge in [-0.15, -0.1) is 0 Å². The molecule has 0 amide bonds. The molecule has 1 aliphatic rings. The molecule has 1 aromatic heterocycles. The zero-order valence-electron chi connectivity index (χ0n) is 10.5. The Morgan fingerprint density at radius 1 is 1.32 bits per heavy atom. The van der Waals surface area contributed by atoms with Crippen molar-refractivity contribution in [2.24, 2.45) is 0 Å². The highest BCUT2D eigenvalue weighted by molar-refractivity contribution is 5.68. The first-order valence-electron chi connectivity index (χ1n) is 6.12. The van der Waals surface area contributed by atoms with Crippen LogP contribution in [0.25, 0.3) is 0 Å². The van der Waals surface area contributed by atoms with Gasteiger partial charge in [0.2, 0.25) is 0 Å². The topological polar surface area (TPSA) is 39.9 Å². The Hall–Kier alpha value is -2.41. The molecule has 3 rings (SSSR count). The Morgan fingerprint density at radius 2 is 2.16 bits per heavy atom. The Balaban J connectivity index is 2.09. The SMILES string of the molecule is Cc1cc(C#N)cc(N2CCc3ccc(F)cc32)n1. The van der Waals surface area contributed by atoms with Crippen molar-refractivity contribution in [3.05, 3.63) is 53.0 Å². The summed E-state index contributed by atoms with van der Waals surface area (Å²) in [7, 11) is 0. The molecule has 0 atom stereocenters. The molecule has 0 unspecified atom stereocenters. The van der Waals surface area contributed by atoms with E-state index < -0.39 is 0 Å². The number of nitriles is 1. The summed E-state index contributed by atoms with van der Waals surface area (Å²) >= 11 is 0. The van der Waals surface area contributed by atoms with E-state index in [-0.39, 0.29) is 5.82 Å². The minimum absolute atomic E-state index is 0.251. The van der Waals surface area contributed by atoms with Gasteiger partial charge >= 0.3 is 0 Å². The highest BCUT2D eigenvalue weighted by atomic mass is 19.1. The summed E-state index contributed by atoms with van der Waals surface area (Å²) in [4.78, 5) is 6.41. The highest BCUT2D eigenvalue weighted by Gasteiger charge is 2.22. The van der Waals surface area contributed by atoms with Crippen LogP contribution < -0.4 is 4.90 Å². The summed E-state index contributed by atoms with van der Waals surface area (Å²) in [6.45, 7) is 2.62. The predicted molar refractivity (Wildman–Crippen MR) is 70.8 cm³/mol. The molecule has 2 heterocycles. The third-order valence-corrected chi connectivity index (χ3v) is 3.29. The molecule has 0 saturated carbocycles. The molecule has 94 valence electrons. The second-order valence-electron chi connectivity index (χ2n) is 4.64. The van der Waals surface area contributed by atoms with E-state index in [2.05, 4.69) is 11.1 Å². The van der Waals surface area contributed by atoms with E-state index in [4.69, 9.17) is 5.26 Å². The molecule has 0 fully saturated rings. The van der Waals surface area contributed by atoms with Crippen molar-refractivity contribution in [2.45, 2.75) is 13.3 Å². The molecule has 0 bridgehead atoms. The van der Waals surface area contributed by atoms with Crippen LogP contribution in [0, 0.1) is 24.1 Å². The van der Waals surface area contributed by atoms with Crippen molar-refractivity contribution in [3.63, 3.8) is 0 Å². The number of aryl methyl sites for hydroxylation is 1. The number of anilines is 2. The molecule has 3 nitrogen and oxygen atoms in total. The number of halogens is 1. The van der Waals surface area contributed by atoms with E-state index in [0.717, 1.165) is 29.9 Å². The lowest BCUT2D eigenvalue weighted by atomic mass is 10.1. The average Bonchev–Trinajstić information content (AvgIpc) is 2.80. The second kappa shape index (κ2) is 4.36. The summed E-state index contributed by atoms with van der Waals surface area (Å²) in [6, 6.07) is 10.4. The number of nitrogens with zero attached hydrogens (tertiary/aromatic N) is 3. The second-order valence-corrected chi connectivity index (χ2v) is 4.64. The number of benzene rings is 1. The number of aromatic nitrogens is 1.